The van der Waals surface area contributed by atoms with E-state index in [2.05, 4.69) is 28.9 Å². The molecule has 1 aromatic rings. The second-order valence-corrected chi connectivity index (χ2v) is 6.89. The van der Waals surface area contributed by atoms with Gasteiger partial charge in [0.05, 0.1) is 0 Å². The van der Waals surface area contributed by atoms with Crippen molar-refractivity contribution in [2.75, 3.05) is 5.73 Å². The number of halogens is 1. The van der Waals surface area contributed by atoms with Gasteiger partial charge in [-0.1, -0.05) is 6.92 Å². The van der Waals surface area contributed by atoms with Crippen LogP contribution in [0.25, 0.3) is 0 Å². The van der Waals surface area contributed by atoms with Crippen molar-refractivity contribution in [1.82, 2.24) is 0 Å². The number of nitrogens with two attached hydrogens (primary N) is 1. The van der Waals surface area contributed by atoms with Gasteiger partial charge in [-0.3, -0.25) is 0 Å². The third-order valence-electron chi connectivity index (χ3n) is 3.21. The van der Waals surface area contributed by atoms with Crippen LogP contribution < -0.4 is 5.73 Å². The molecule has 0 spiro atoms. The molecule has 3 heteroatoms. The summed E-state index contributed by atoms with van der Waals surface area (Å²) in [6, 6.07) is 6.11. The molecule has 0 heterocycles. The van der Waals surface area contributed by atoms with Gasteiger partial charge in [0.2, 0.25) is 0 Å². The Bertz CT molecular complexity index is 359. The molecule has 0 unspecified atom stereocenters. The number of hydrogen-bond donors (Lipinski definition) is 1. The van der Waals surface area contributed by atoms with Crippen LogP contribution in [0.1, 0.15) is 32.6 Å². The third kappa shape index (κ3) is 3.17. The molecule has 1 fully saturated rings. The molecular weight excluding hydrogens is 282 g/mol. The van der Waals surface area contributed by atoms with Crippen molar-refractivity contribution in [2.24, 2.45) is 5.92 Å². The first-order valence-electron chi connectivity index (χ1n) is 5.87. The monoisotopic (exact) mass is 299 g/mol. The number of rotatable bonds is 2. The minimum absolute atomic E-state index is 0.788. The van der Waals surface area contributed by atoms with Crippen molar-refractivity contribution in [3.8, 4) is 0 Å². The van der Waals surface area contributed by atoms with E-state index in [1.165, 1.54) is 30.6 Å². The second-order valence-electron chi connectivity index (χ2n) is 4.69. The summed E-state index contributed by atoms with van der Waals surface area (Å²) in [5.74, 6) is 0.923. The van der Waals surface area contributed by atoms with Gasteiger partial charge >= 0.3 is 0 Å². The fraction of sp³-hybridized carbons (Fsp3) is 0.538. The van der Waals surface area contributed by atoms with E-state index in [1.54, 1.807) is 0 Å². The van der Waals surface area contributed by atoms with Crippen LogP contribution in [-0.2, 0) is 0 Å². The second kappa shape index (κ2) is 5.46. The fourth-order valence-corrected chi connectivity index (χ4v) is 4.00. The highest BCUT2D eigenvalue weighted by Gasteiger charge is 2.19. The maximum atomic E-state index is 5.74. The van der Waals surface area contributed by atoms with Gasteiger partial charge in [0.15, 0.2) is 0 Å². The SMILES string of the molecule is CC1CCC(Sc2ccc(N)cc2Br)CC1. The number of anilines is 1. The molecule has 0 amide bonds. The van der Waals surface area contributed by atoms with E-state index in [-0.39, 0.29) is 0 Å². The quantitative estimate of drug-likeness (QED) is 0.801. The van der Waals surface area contributed by atoms with E-state index >= 15 is 0 Å². The highest BCUT2D eigenvalue weighted by atomic mass is 79.9. The van der Waals surface area contributed by atoms with Crippen molar-refractivity contribution in [3.05, 3.63) is 22.7 Å². The third-order valence-corrected chi connectivity index (χ3v) is 5.55. The molecule has 0 aromatic heterocycles. The highest BCUT2D eigenvalue weighted by Crippen LogP contribution is 2.39. The Morgan fingerprint density at radius 2 is 1.94 bits per heavy atom. The lowest BCUT2D eigenvalue weighted by molar-refractivity contribution is 0.393. The summed E-state index contributed by atoms with van der Waals surface area (Å²) in [6.45, 7) is 2.36. The Morgan fingerprint density at radius 1 is 1.25 bits per heavy atom. The summed E-state index contributed by atoms with van der Waals surface area (Å²) in [5, 5.41) is 0.788. The Hall–Kier alpha value is -0.150. The standard InChI is InChI=1S/C13H18BrNS/c1-9-2-5-11(6-3-9)16-13-7-4-10(15)8-12(13)14/h4,7-9,11H,2-3,5-6,15H2,1H3. The van der Waals surface area contributed by atoms with Gasteiger partial charge in [0.1, 0.15) is 0 Å². The lowest BCUT2D eigenvalue weighted by Gasteiger charge is -2.25. The molecule has 1 aliphatic carbocycles. The molecule has 1 nitrogen and oxygen atoms in total. The van der Waals surface area contributed by atoms with E-state index in [0.717, 1.165) is 21.3 Å². The maximum absolute atomic E-state index is 5.74. The van der Waals surface area contributed by atoms with Gasteiger partial charge in [-0.15, -0.1) is 11.8 Å². The van der Waals surface area contributed by atoms with Crippen LogP contribution in [0.5, 0.6) is 0 Å². The zero-order valence-corrected chi connectivity index (χ0v) is 12.0. The van der Waals surface area contributed by atoms with Gasteiger partial charge in [0.25, 0.3) is 0 Å². The summed E-state index contributed by atoms with van der Waals surface area (Å²) >= 11 is 5.58. The van der Waals surface area contributed by atoms with Crippen molar-refractivity contribution >= 4 is 33.4 Å². The molecule has 0 aliphatic heterocycles. The van der Waals surface area contributed by atoms with E-state index in [9.17, 15) is 0 Å². The molecule has 0 atom stereocenters. The topological polar surface area (TPSA) is 26.0 Å². The number of benzene rings is 1. The molecule has 0 radical (unpaired) electrons. The summed E-state index contributed by atoms with van der Waals surface area (Å²) in [5.41, 5.74) is 6.57. The minimum Gasteiger partial charge on any atom is -0.399 e. The van der Waals surface area contributed by atoms with Crippen molar-refractivity contribution in [1.29, 1.82) is 0 Å². The summed E-state index contributed by atoms with van der Waals surface area (Å²) in [6.07, 6.45) is 5.46. The van der Waals surface area contributed by atoms with Gasteiger partial charge in [0, 0.05) is 20.3 Å². The first kappa shape index (κ1) is 12.3. The predicted octanol–water partition coefficient (Wildman–Crippen LogP) is 4.70. The largest absolute Gasteiger partial charge is 0.399 e. The lowest BCUT2D eigenvalue weighted by Crippen LogP contribution is -2.13. The molecule has 0 saturated heterocycles. The molecule has 2 rings (SSSR count). The van der Waals surface area contributed by atoms with Gasteiger partial charge in [-0.05, 0) is 65.7 Å². The van der Waals surface area contributed by atoms with Crippen LogP contribution in [0.15, 0.2) is 27.6 Å². The van der Waals surface area contributed by atoms with Crippen LogP contribution in [0, 0.1) is 5.92 Å². The van der Waals surface area contributed by atoms with Gasteiger partial charge in [-0.25, -0.2) is 0 Å². The minimum atomic E-state index is 0.788. The highest BCUT2D eigenvalue weighted by molar-refractivity contribution is 9.10. The normalized spacial score (nSPS) is 25.6. The summed E-state index contributed by atoms with van der Waals surface area (Å²) in [4.78, 5) is 1.33. The van der Waals surface area contributed by atoms with Crippen LogP contribution in [-0.4, -0.2) is 5.25 Å². The smallest absolute Gasteiger partial charge is 0.0331 e. The van der Waals surface area contributed by atoms with Crippen LogP contribution in [0.2, 0.25) is 0 Å². The Morgan fingerprint density at radius 3 is 2.56 bits per heavy atom. The molecule has 0 bridgehead atoms. The Labute approximate surface area is 110 Å². The van der Waals surface area contributed by atoms with E-state index in [0.29, 0.717) is 0 Å². The zero-order chi connectivity index (χ0) is 11.5. The van der Waals surface area contributed by atoms with Crippen LogP contribution >= 0.6 is 27.7 Å². The number of hydrogen-bond acceptors (Lipinski definition) is 2. The Kier molecular flexibility index (Phi) is 4.20. The van der Waals surface area contributed by atoms with Crippen LogP contribution in [0.4, 0.5) is 5.69 Å². The molecule has 2 N–H and O–H groups in total. The van der Waals surface area contributed by atoms with Gasteiger partial charge < -0.3 is 5.73 Å². The number of thioether (sulfide) groups is 1. The summed E-state index contributed by atoms with van der Waals surface area (Å²) < 4.78 is 1.14. The molecule has 1 aliphatic rings. The van der Waals surface area contributed by atoms with Crippen LogP contribution in [0.3, 0.4) is 0 Å². The average Bonchev–Trinajstić information content (AvgIpc) is 2.25. The number of nitrogen functional groups attached to an aromatic ring is 1. The maximum Gasteiger partial charge on any atom is 0.0331 e. The average molecular weight is 300 g/mol. The summed E-state index contributed by atoms with van der Waals surface area (Å²) in [7, 11) is 0. The van der Waals surface area contributed by atoms with E-state index in [4.69, 9.17) is 5.73 Å². The van der Waals surface area contributed by atoms with Crippen molar-refractivity contribution in [3.63, 3.8) is 0 Å². The molecule has 88 valence electrons. The first-order valence-corrected chi connectivity index (χ1v) is 7.54. The van der Waals surface area contributed by atoms with Crippen molar-refractivity contribution < 1.29 is 0 Å². The fourth-order valence-electron chi connectivity index (χ4n) is 2.14. The lowest BCUT2D eigenvalue weighted by atomic mass is 9.91. The Balaban J connectivity index is 1.98. The molecule has 16 heavy (non-hydrogen) atoms. The zero-order valence-electron chi connectivity index (χ0n) is 9.58. The van der Waals surface area contributed by atoms with Crippen molar-refractivity contribution in [2.45, 2.75) is 42.8 Å². The molecular formula is C13H18BrNS. The predicted molar refractivity (Wildman–Crippen MR) is 75.8 cm³/mol. The van der Waals surface area contributed by atoms with Gasteiger partial charge in [-0.2, -0.15) is 0 Å². The molecule has 1 aromatic carbocycles. The molecule has 1 saturated carbocycles. The van der Waals surface area contributed by atoms with E-state index in [1.807, 2.05) is 23.9 Å². The van der Waals surface area contributed by atoms with E-state index < -0.39 is 0 Å². The first-order chi connectivity index (χ1) is 7.65.